The minimum absolute atomic E-state index is 0.159. The summed E-state index contributed by atoms with van der Waals surface area (Å²) in [5, 5.41) is 3.63. The molecule has 0 spiro atoms. The second-order valence-corrected chi connectivity index (χ2v) is 7.74. The largest absolute Gasteiger partial charge is 0.486 e. The van der Waals surface area contributed by atoms with Gasteiger partial charge in [-0.3, -0.25) is 4.79 Å². The summed E-state index contributed by atoms with van der Waals surface area (Å²) in [5.41, 5.74) is 2.43. The molecule has 0 fully saturated rings. The summed E-state index contributed by atoms with van der Waals surface area (Å²) in [6.07, 6.45) is 0. The highest BCUT2D eigenvalue weighted by atomic mass is 35.5. The van der Waals surface area contributed by atoms with Crippen LogP contribution < -0.4 is 14.8 Å². The first-order valence-electron chi connectivity index (χ1n) is 8.86. The van der Waals surface area contributed by atoms with Crippen LogP contribution in [0.4, 0.5) is 5.69 Å². The fraction of sp³-hybridized carbons (Fsp3) is 0.136. The number of hydrogen-bond donors (Lipinski definition) is 1. The molecule has 1 aliphatic heterocycles. The maximum absolute atomic E-state index is 12.5. The molecule has 1 aliphatic rings. The van der Waals surface area contributed by atoms with Gasteiger partial charge in [0.05, 0.1) is 0 Å². The van der Waals surface area contributed by atoms with Crippen molar-refractivity contribution >= 4 is 35.0 Å². The van der Waals surface area contributed by atoms with Crippen LogP contribution in [0.15, 0.2) is 71.6 Å². The molecule has 0 aromatic heterocycles. The van der Waals surface area contributed by atoms with Gasteiger partial charge in [0.2, 0.25) is 0 Å². The zero-order valence-electron chi connectivity index (χ0n) is 15.0. The van der Waals surface area contributed by atoms with Crippen LogP contribution in [0.2, 0.25) is 5.02 Å². The molecule has 0 unspecified atom stereocenters. The van der Waals surface area contributed by atoms with E-state index in [0.717, 1.165) is 21.2 Å². The van der Waals surface area contributed by atoms with E-state index in [-0.39, 0.29) is 5.91 Å². The van der Waals surface area contributed by atoms with E-state index < -0.39 is 0 Å². The lowest BCUT2D eigenvalue weighted by Gasteiger charge is -2.19. The van der Waals surface area contributed by atoms with Gasteiger partial charge in [-0.15, -0.1) is 11.8 Å². The normalized spacial score (nSPS) is 12.5. The summed E-state index contributed by atoms with van der Waals surface area (Å²) >= 11 is 7.64. The molecule has 28 heavy (non-hydrogen) atoms. The molecule has 0 saturated heterocycles. The Bertz CT molecular complexity index is 974. The Morgan fingerprint density at radius 3 is 2.39 bits per heavy atom. The highest BCUT2D eigenvalue weighted by Crippen LogP contribution is 2.32. The van der Waals surface area contributed by atoms with Crippen molar-refractivity contribution in [2.75, 3.05) is 18.5 Å². The first-order valence-corrected chi connectivity index (χ1v) is 10.2. The molecule has 0 radical (unpaired) electrons. The van der Waals surface area contributed by atoms with E-state index in [4.69, 9.17) is 21.1 Å². The van der Waals surface area contributed by atoms with Gasteiger partial charge in [-0.1, -0.05) is 23.7 Å². The summed E-state index contributed by atoms with van der Waals surface area (Å²) in [6.45, 7) is 1.06. The molecule has 0 aliphatic carbocycles. The fourth-order valence-corrected chi connectivity index (χ4v) is 3.75. The monoisotopic (exact) mass is 411 g/mol. The van der Waals surface area contributed by atoms with Gasteiger partial charge in [0.15, 0.2) is 11.5 Å². The van der Waals surface area contributed by atoms with Gasteiger partial charge in [-0.2, -0.15) is 0 Å². The Balaban J connectivity index is 1.36. The molecule has 3 aromatic rings. The zero-order valence-corrected chi connectivity index (χ0v) is 16.6. The van der Waals surface area contributed by atoms with Crippen molar-refractivity contribution in [3.05, 3.63) is 82.9 Å². The van der Waals surface area contributed by atoms with Crippen molar-refractivity contribution in [3.8, 4) is 11.5 Å². The van der Waals surface area contributed by atoms with Gasteiger partial charge in [-0.25, -0.2) is 0 Å². The number of anilines is 1. The molecule has 4 nitrogen and oxygen atoms in total. The van der Waals surface area contributed by atoms with Gasteiger partial charge in [-0.05, 0) is 54.1 Å². The maximum atomic E-state index is 12.5. The Morgan fingerprint density at radius 2 is 1.64 bits per heavy atom. The smallest absolute Gasteiger partial charge is 0.255 e. The Kier molecular flexibility index (Phi) is 5.74. The molecule has 1 amide bonds. The highest BCUT2D eigenvalue weighted by Gasteiger charge is 2.13. The number of hydrogen-bond acceptors (Lipinski definition) is 4. The number of thioether (sulfide) groups is 1. The predicted octanol–water partition coefficient (Wildman–Crippen LogP) is 5.66. The third kappa shape index (κ3) is 4.61. The molecular weight excluding hydrogens is 394 g/mol. The van der Waals surface area contributed by atoms with Gasteiger partial charge < -0.3 is 14.8 Å². The maximum Gasteiger partial charge on any atom is 0.255 e. The second kappa shape index (κ2) is 8.59. The lowest BCUT2D eigenvalue weighted by Crippen LogP contribution is -2.16. The predicted molar refractivity (Wildman–Crippen MR) is 113 cm³/mol. The lowest BCUT2D eigenvalue weighted by atomic mass is 10.1. The molecule has 4 rings (SSSR count). The van der Waals surface area contributed by atoms with Gasteiger partial charge >= 0.3 is 0 Å². The standard InChI is InChI=1S/C22H18ClNO3S/c23-17-5-8-19(9-6-17)28-14-15-1-3-16(4-2-15)22(25)24-18-7-10-20-21(13-18)27-12-11-26-20/h1-10,13H,11-12,14H2,(H,24,25). The van der Waals surface area contributed by atoms with Crippen LogP contribution in [-0.2, 0) is 5.75 Å². The number of nitrogens with one attached hydrogen (secondary N) is 1. The highest BCUT2D eigenvalue weighted by molar-refractivity contribution is 7.98. The average molecular weight is 412 g/mol. The Morgan fingerprint density at radius 1 is 0.929 bits per heavy atom. The van der Waals surface area contributed by atoms with E-state index in [1.54, 1.807) is 23.9 Å². The Labute approximate surface area is 172 Å². The lowest BCUT2D eigenvalue weighted by molar-refractivity contribution is 0.102. The number of amides is 1. The van der Waals surface area contributed by atoms with E-state index in [1.165, 1.54) is 0 Å². The second-order valence-electron chi connectivity index (χ2n) is 6.25. The van der Waals surface area contributed by atoms with Crippen LogP contribution in [-0.4, -0.2) is 19.1 Å². The topological polar surface area (TPSA) is 47.6 Å². The molecule has 3 aromatic carbocycles. The molecule has 0 saturated carbocycles. The number of benzene rings is 3. The summed E-state index contributed by atoms with van der Waals surface area (Å²) in [4.78, 5) is 13.7. The molecule has 6 heteroatoms. The van der Waals surface area contributed by atoms with E-state index in [9.17, 15) is 4.79 Å². The first-order chi connectivity index (χ1) is 13.7. The number of rotatable bonds is 5. The van der Waals surface area contributed by atoms with Gasteiger partial charge in [0, 0.05) is 33.0 Å². The van der Waals surface area contributed by atoms with E-state index in [1.807, 2.05) is 54.6 Å². The third-order valence-corrected chi connectivity index (χ3v) is 5.57. The van der Waals surface area contributed by atoms with Crippen molar-refractivity contribution in [1.82, 2.24) is 0 Å². The number of carbonyl (C=O) groups excluding carboxylic acids is 1. The zero-order chi connectivity index (χ0) is 19.3. The first kappa shape index (κ1) is 18.7. The minimum Gasteiger partial charge on any atom is -0.486 e. The van der Waals surface area contributed by atoms with Crippen molar-refractivity contribution in [2.24, 2.45) is 0 Å². The van der Waals surface area contributed by atoms with Crippen LogP contribution >= 0.6 is 23.4 Å². The number of carbonyl (C=O) groups is 1. The van der Waals surface area contributed by atoms with Crippen LogP contribution in [0.5, 0.6) is 11.5 Å². The molecular formula is C22H18ClNO3S. The SMILES string of the molecule is O=C(Nc1ccc2c(c1)OCCO2)c1ccc(CSc2ccc(Cl)cc2)cc1. The van der Waals surface area contributed by atoms with Gasteiger partial charge in [0.25, 0.3) is 5.91 Å². The fourth-order valence-electron chi connectivity index (χ4n) is 2.77. The Hall–Kier alpha value is -2.63. The molecule has 1 N–H and O–H groups in total. The number of ether oxygens (including phenoxy) is 2. The van der Waals surface area contributed by atoms with Crippen LogP contribution in [0.1, 0.15) is 15.9 Å². The number of halogens is 1. The molecule has 0 bridgehead atoms. The van der Waals surface area contributed by atoms with E-state index in [0.29, 0.717) is 36.0 Å². The van der Waals surface area contributed by atoms with Crippen LogP contribution in [0.25, 0.3) is 0 Å². The van der Waals surface area contributed by atoms with E-state index >= 15 is 0 Å². The quantitative estimate of drug-likeness (QED) is 0.550. The summed E-state index contributed by atoms with van der Waals surface area (Å²) < 4.78 is 11.0. The van der Waals surface area contributed by atoms with Crippen molar-refractivity contribution in [3.63, 3.8) is 0 Å². The van der Waals surface area contributed by atoms with E-state index in [2.05, 4.69) is 5.32 Å². The molecule has 1 heterocycles. The number of fused-ring (bicyclic) bond motifs is 1. The summed E-state index contributed by atoms with van der Waals surface area (Å²) in [7, 11) is 0. The van der Waals surface area contributed by atoms with Crippen molar-refractivity contribution in [1.29, 1.82) is 0 Å². The molecule has 0 atom stereocenters. The average Bonchev–Trinajstić information content (AvgIpc) is 2.73. The van der Waals surface area contributed by atoms with Crippen LogP contribution in [0, 0.1) is 0 Å². The van der Waals surface area contributed by atoms with Gasteiger partial charge in [0.1, 0.15) is 13.2 Å². The molecule has 142 valence electrons. The van der Waals surface area contributed by atoms with Crippen LogP contribution in [0.3, 0.4) is 0 Å². The summed E-state index contributed by atoms with van der Waals surface area (Å²) in [5.74, 6) is 2.02. The third-order valence-electron chi connectivity index (χ3n) is 4.24. The minimum atomic E-state index is -0.159. The summed E-state index contributed by atoms with van der Waals surface area (Å²) in [6, 6.07) is 20.8. The van der Waals surface area contributed by atoms with Crippen molar-refractivity contribution < 1.29 is 14.3 Å². The van der Waals surface area contributed by atoms with Crippen molar-refractivity contribution in [2.45, 2.75) is 10.6 Å².